The number of halogens is 2. The molecule has 0 saturated heterocycles. The first-order valence-corrected chi connectivity index (χ1v) is 12.9. The van der Waals surface area contributed by atoms with Gasteiger partial charge >= 0.3 is 0 Å². The van der Waals surface area contributed by atoms with E-state index in [2.05, 4.69) is 23.6 Å². The number of hydrogen-bond acceptors (Lipinski definition) is 4. The second-order valence-electron chi connectivity index (χ2n) is 8.72. The summed E-state index contributed by atoms with van der Waals surface area (Å²) in [5.74, 6) is -0.467. The van der Waals surface area contributed by atoms with Gasteiger partial charge in [-0.1, -0.05) is 66.5 Å². The largest absolute Gasteiger partial charge is 0.327 e. The van der Waals surface area contributed by atoms with Crippen LogP contribution in [0.2, 0.25) is 10.0 Å². The molecule has 6 nitrogen and oxygen atoms in total. The maximum atomic E-state index is 13.2. The molecule has 37 heavy (non-hydrogen) atoms. The zero-order valence-corrected chi connectivity index (χ0v) is 22.4. The molecule has 0 heterocycles. The molecule has 3 rings (SSSR count). The minimum atomic E-state index is -0.343. The molecule has 0 aliphatic rings. The number of nitrogens with zero attached hydrogens (tertiary/aromatic N) is 2. The van der Waals surface area contributed by atoms with Crippen LogP contribution in [0.15, 0.2) is 66.7 Å². The molecule has 3 aromatic rings. The van der Waals surface area contributed by atoms with Crippen molar-refractivity contribution in [3.8, 4) is 17.2 Å². The molecule has 0 aliphatic carbocycles. The molecule has 2 amide bonds. The molecule has 0 bridgehead atoms. The van der Waals surface area contributed by atoms with Gasteiger partial charge in [0.15, 0.2) is 0 Å². The highest BCUT2D eigenvalue weighted by Gasteiger charge is 2.24. The number of benzene rings is 3. The van der Waals surface area contributed by atoms with Crippen LogP contribution < -0.4 is 10.6 Å². The first-order chi connectivity index (χ1) is 17.8. The molecule has 0 fully saturated rings. The van der Waals surface area contributed by atoms with Crippen molar-refractivity contribution in [3.05, 3.63) is 87.9 Å². The predicted molar refractivity (Wildman–Crippen MR) is 150 cm³/mol. The van der Waals surface area contributed by atoms with Crippen molar-refractivity contribution in [1.82, 2.24) is 10.2 Å². The fourth-order valence-electron chi connectivity index (χ4n) is 3.97. The van der Waals surface area contributed by atoms with Crippen molar-refractivity contribution >= 4 is 40.7 Å². The van der Waals surface area contributed by atoms with Gasteiger partial charge in [0.1, 0.15) is 6.54 Å². The zero-order chi connectivity index (χ0) is 26.8. The number of anilines is 1. The molecule has 0 saturated carbocycles. The Bertz CT molecular complexity index is 1250. The third-order valence-corrected chi connectivity index (χ3v) is 6.35. The third kappa shape index (κ3) is 8.33. The fourth-order valence-corrected chi connectivity index (χ4v) is 4.49. The summed E-state index contributed by atoms with van der Waals surface area (Å²) >= 11 is 12.1. The van der Waals surface area contributed by atoms with Gasteiger partial charge in [-0.3, -0.25) is 9.59 Å². The maximum Gasteiger partial charge on any atom is 0.244 e. The van der Waals surface area contributed by atoms with E-state index in [4.69, 9.17) is 23.2 Å². The molecule has 0 spiro atoms. The van der Waals surface area contributed by atoms with Gasteiger partial charge < -0.3 is 15.5 Å². The molecule has 3 aromatic carbocycles. The van der Waals surface area contributed by atoms with E-state index < -0.39 is 0 Å². The third-order valence-electron chi connectivity index (χ3n) is 5.91. The Morgan fingerprint density at radius 3 is 2.32 bits per heavy atom. The number of nitriles is 1. The van der Waals surface area contributed by atoms with E-state index in [1.807, 2.05) is 49.4 Å². The van der Waals surface area contributed by atoms with Crippen LogP contribution in [-0.2, 0) is 9.59 Å². The quantitative estimate of drug-likeness (QED) is 0.275. The van der Waals surface area contributed by atoms with Crippen LogP contribution in [-0.4, -0.2) is 36.3 Å². The Hall–Kier alpha value is -3.37. The van der Waals surface area contributed by atoms with Crippen molar-refractivity contribution in [3.63, 3.8) is 0 Å². The lowest BCUT2D eigenvalue weighted by atomic mass is 9.99. The van der Waals surface area contributed by atoms with Crippen LogP contribution in [0.4, 0.5) is 5.69 Å². The van der Waals surface area contributed by atoms with E-state index >= 15 is 0 Å². The highest BCUT2D eigenvalue weighted by molar-refractivity contribution is 6.35. The fraction of sp³-hybridized carbons (Fsp3) is 0.276. The second kappa shape index (κ2) is 13.8. The van der Waals surface area contributed by atoms with Gasteiger partial charge in [0.05, 0.1) is 17.7 Å². The van der Waals surface area contributed by atoms with E-state index in [1.165, 1.54) is 0 Å². The lowest BCUT2D eigenvalue weighted by Gasteiger charge is -2.29. The number of nitrogens with one attached hydrogen (secondary N) is 2. The first-order valence-electron chi connectivity index (χ1n) is 12.2. The SMILES string of the molecule is CCCNCCC(=O)N(CC(=O)Nc1cc(Cl)cc(Cl)c1)C(C)c1ccc(-c2cccc(C#N)c2)cc1. The Kier molecular flexibility index (Phi) is 10.5. The average Bonchev–Trinajstić information content (AvgIpc) is 2.88. The van der Waals surface area contributed by atoms with Gasteiger partial charge in [0, 0.05) is 28.7 Å². The molecule has 0 aliphatic heterocycles. The standard InChI is InChI=1S/C29H30Cl2N4O2/c1-3-12-33-13-11-29(37)35(19-28(36)34-27-16-25(30)15-26(31)17-27)20(2)22-7-9-23(10-8-22)24-6-4-5-21(14-24)18-32/h4-10,14-17,20,33H,3,11-13,19H2,1-2H3,(H,34,36). The van der Waals surface area contributed by atoms with Crippen LogP contribution in [0, 0.1) is 11.3 Å². The lowest BCUT2D eigenvalue weighted by molar-refractivity contribution is -0.136. The normalized spacial score (nSPS) is 11.4. The van der Waals surface area contributed by atoms with E-state index in [-0.39, 0.29) is 30.8 Å². The van der Waals surface area contributed by atoms with Crippen molar-refractivity contribution in [1.29, 1.82) is 5.26 Å². The molecule has 8 heteroatoms. The van der Waals surface area contributed by atoms with Gasteiger partial charge in [-0.25, -0.2) is 0 Å². The number of carbonyl (C=O) groups excluding carboxylic acids is 2. The first kappa shape index (κ1) is 28.2. The molecule has 2 N–H and O–H groups in total. The Balaban J connectivity index is 1.78. The van der Waals surface area contributed by atoms with Gasteiger partial charge in [0.2, 0.25) is 11.8 Å². The predicted octanol–water partition coefficient (Wildman–Crippen LogP) is 6.45. The van der Waals surface area contributed by atoms with Crippen LogP contribution in [0.5, 0.6) is 0 Å². The topological polar surface area (TPSA) is 85.2 Å². The van der Waals surface area contributed by atoms with E-state index in [0.29, 0.717) is 27.8 Å². The Labute approximate surface area is 228 Å². The van der Waals surface area contributed by atoms with Crippen molar-refractivity contribution < 1.29 is 9.59 Å². The molecule has 0 aromatic heterocycles. The van der Waals surface area contributed by atoms with Gasteiger partial charge in [0.25, 0.3) is 0 Å². The number of carbonyl (C=O) groups is 2. The van der Waals surface area contributed by atoms with Crippen molar-refractivity contribution in [2.75, 3.05) is 25.0 Å². The summed E-state index contributed by atoms with van der Waals surface area (Å²) in [4.78, 5) is 27.7. The molecular weight excluding hydrogens is 507 g/mol. The summed E-state index contributed by atoms with van der Waals surface area (Å²) < 4.78 is 0. The number of amides is 2. The minimum Gasteiger partial charge on any atom is -0.327 e. The highest BCUT2D eigenvalue weighted by Crippen LogP contribution is 2.27. The van der Waals surface area contributed by atoms with Gasteiger partial charge in [-0.15, -0.1) is 0 Å². The summed E-state index contributed by atoms with van der Waals surface area (Å²) in [6.45, 7) is 5.22. The zero-order valence-electron chi connectivity index (χ0n) is 20.9. The van der Waals surface area contributed by atoms with Gasteiger partial charge in [-0.05, 0) is 66.9 Å². The second-order valence-corrected chi connectivity index (χ2v) is 9.59. The molecule has 0 radical (unpaired) electrons. The van der Waals surface area contributed by atoms with Crippen LogP contribution in [0.25, 0.3) is 11.1 Å². The van der Waals surface area contributed by atoms with Crippen LogP contribution in [0.1, 0.15) is 43.9 Å². The summed E-state index contributed by atoms with van der Waals surface area (Å²) in [6, 6.07) is 21.8. The molecule has 1 unspecified atom stereocenters. The molecular formula is C29H30Cl2N4O2. The summed E-state index contributed by atoms with van der Waals surface area (Å²) in [7, 11) is 0. The Morgan fingerprint density at radius 1 is 0.973 bits per heavy atom. The van der Waals surface area contributed by atoms with E-state index in [9.17, 15) is 14.9 Å². The molecule has 192 valence electrons. The van der Waals surface area contributed by atoms with Crippen LogP contribution in [0.3, 0.4) is 0 Å². The minimum absolute atomic E-state index is 0.121. The van der Waals surface area contributed by atoms with Crippen molar-refractivity contribution in [2.45, 2.75) is 32.7 Å². The Morgan fingerprint density at radius 2 is 1.68 bits per heavy atom. The maximum absolute atomic E-state index is 13.2. The smallest absolute Gasteiger partial charge is 0.244 e. The van der Waals surface area contributed by atoms with E-state index in [1.54, 1.807) is 29.2 Å². The van der Waals surface area contributed by atoms with E-state index in [0.717, 1.165) is 29.7 Å². The highest BCUT2D eigenvalue weighted by atomic mass is 35.5. The van der Waals surface area contributed by atoms with Crippen molar-refractivity contribution in [2.24, 2.45) is 0 Å². The summed E-state index contributed by atoms with van der Waals surface area (Å²) in [5, 5.41) is 16.0. The lowest BCUT2D eigenvalue weighted by Crippen LogP contribution is -2.40. The average molecular weight is 537 g/mol. The van der Waals surface area contributed by atoms with Gasteiger partial charge in [-0.2, -0.15) is 5.26 Å². The summed E-state index contributed by atoms with van der Waals surface area (Å²) in [6.07, 6.45) is 1.25. The summed E-state index contributed by atoms with van der Waals surface area (Å²) in [5.41, 5.74) is 3.86. The van der Waals surface area contributed by atoms with Crippen LogP contribution >= 0.6 is 23.2 Å². The number of hydrogen-bond donors (Lipinski definition) is 2. The monoisotopic (exact) mass is 536 g/mol. The molecule has 1 atom stereocenters. The number of rotatable bonds is 11.